The maximum absolute atomic E-state index is 13.4. The number of aromatic nitrogens is 5. The van der Waals surface area contributed by atoms with Gasteiger partial charge in [-0.05, 0) is 60.5 Å². The maximum Gasteiger partial charge on any atom is 0.254 e. The van der Waals surface area contributed by atoms with E-state index in [1.165, 1.54) is 5.56 Å². The van der Waals surface area contributed by atoms with Crippen LogP contribution in [0.4, 0.5) is 0 Å². The van der Waals surface area contributed by atoms with Gasteiger partial charge in [0.25, 0.3) is 5.91 Å². The predicted octanol–water partition coefficient (Wildman–Crippen LogP) is 3.57. The van der Waals surface area contributed by atoms with Gasteiger partial charge in [0.1, 0.15) is 0 Å². The number of benzene rings is 1. The number of carbonyl (C=O) groups is 1. The van der Waals surface area contributed by atoms with E-state index in [4.69, 9.17) is 0 Å². The molecule has 5 rings (SSSR count). The molecule has 0 bridgehead atoms. The van der Waals surface area contributed by atoms with Crippen LogP contribution in [0.1, 0.15) is 47.2 Å². The average Bonchev–Trinajstić information content (AvgIpc) is 3.44. The van der Waals surface area contributed by atoms with Crippen molar-refractivity contribution < 1.29 is 4.79 Å². The molecule has 3 heterocycles. The van der Waals surface area contributed by atoms with Crippen LogP contribution in [0.2, 0.25) is 0 Å². The van der Waals surface area contributed by atoms with E-state index in [1.807, 2.05) is 11.0 Å². The molecule has 146 valence electrons. The van der Waals surface area contributed by atoms with Crippen molar-refractivity contribution in [2.75, 3.05) is 0 Å². The Labute approximate surface area is 168 Å². The Morgan fingerprint density at radius 1 is 1.14 bits per heavy atom. The Morgan fingerprint density at radius 2 is 1.93 bits per heavy atom. The molecule has 1 aliphatic rings. The van der Waals surface area contributed by atoms with Crippen molar-refractivity contribution in [3.05, 3.63) is 65.5 Å². The predicted molar refractivity (Wildman–Crippen MR) is 109 cm³/mol. The number of hydrogen-bond acceptors (Lipinski definition) is 5. The zero-order chi connectivity index (χ0) is 19.8. The number of carbonyl (C=O) groups excluding carboxylic acids is 1. The average molecular weight is 386 g/mol. The molecular formula is C22H22N6O. The quantitative estimate of drug-likeness (QED) is 0.536. The molecule has 0 N–H and O–H groups in total. The van der Waals surface area contributed by atoms with Gasteiger partial charge in [-0.3, -0.25) is 9.78 Å². The second-order valence-electron chi connectivity index (χ2n) is 7.75. The lowest BCUT2D eigenvalue weighted by Gasteiger charge is -2.29. The molecule has 1 fully saturated rings. The third kappa shape index (κ3) is 3.22. The normalized spacial score (nSPS) is 14.7. The Bertz CT molecular complexity index is 1180. The van der Waals surface area contributed by atoms with Crippen molar-refractivity contribution in [2.45, 2.75) is 45.2 Å². The van der Waals surface area contributed by atoms with Crippen molar-refractivity contribution in [2.24, 2.45) is 0 Å². The number of fused-ring (bicyclic) bond motifs is 3. The first-order valence-corrected chi connectivity index (χ1v) is 10.0. The van der Waals surface area contributed by atoms with E-state index in [9.17, 15) is 4.79 Å². The molecule has 1 saturated carbocycles. The largest absolute Gasteiger partial charge is 0.331 e. The zero-order valence-electron chi connectivity index (χ0n) is 16.3. The lowest BCUT2D eigenvalue weighted by molar-refractivity contribution is 0.0665. The molecule has 1 amide bonds. The van der Waals surface area contributed by atoms with Crippen molar-refractivity contribution in [3.63, 3.8) is 0 Å². The molecular weight excluding hydrogens is 364 g/mol. The van der Waals surface area contributed by atoms with Crippen LogP contribution in [0.25, 0.3) is 16.6 Å². The van der Waals surface area contributed by atoms with E-state index < -0.39 is 0 Å². The van der Waals surface area contributed by atoms with Crippen LogP contribution in [0.15, 0.2) is 48.8 Å². The highest BCUT2D eigenvalue weighted by Gasteiger charge is 2.28. The summed E-state index contributed by atoms with van der Waals surface area (Å²) in [7, 11) is 0. The summed E-state index contributed by atoms with van der Waals surface area (Å²) in [4.78, 5) is 19.4. The summed E-state index contributed by atoms with van der Waals surface area (Å²) in [5.41, 5.74) is 4.47. The van der Waals surface area contributed by atoms with Crippen molar-refractivity contribution in [1.82, 2.24) is 29.9 Å². The molecule has 7 heteroatoms. The van der Waals surface area contributed by atoms with Gasteiger partial charge < -0.3 is 4.90 Å². The van der Waals surface area contributed by atoms with Gasteiger partial charge in [-0.1, -0.05) is 24.5 Å². The first-order valence-electron chi connectivity index (χ1n) is 10.0. The van der Waals surface area contributed by atoms with E-state index in [-0.39, 0.29) is 11.9 Å². The van der Waals surface area contributed by atoms with E-state index in [0.717, 1.165) is 42.1 Å². The molecule has 7 nitrogen and oxygen atoms in total. The van der Waals surface area contributed by atoms with E-state index in [1.54, 1.807) is 29.0 Å². The third-order valence-electron chi connectivity index (χ3n) is 5.79. The minimum atomic E-state index is 0.0364. The van der Waals surface area contributed by atoms with E-state index in [0.29, 0.717) is 17.8 Å². The Balaban J connectivity index is 1.60. The van der Waals surface area contributed by atoms with Gasteiger partial charge >= 0.3 is 0 Å². The summed E-state index contributed by atoms with van der Waals surface area (Å²) in [5.74, 6) is 0.0364. The van der Waals surface area contributed by atoms with E-state index in [2.05, 4.69) is 45.6 Å². The number of rotatable bonds is 4. The topological polar surface area (TPSA) is 76.3 Å². The highest BCUT2D eigenvalue weighted by molar-refractivity contribution is 5.94. The summed E-state index contributed by atoms with van der Waals surface area (Å²) in [5, 5.41) is 13.4. The molecule has 0 radical (unpaired) electrons. The van der Waals surface area contributed by atoms with Gasteiger partial charge in [0.15, 0.2) is 5.65 Å². The van der Waals surface area contributed by atoms with Crippen LogP contribution in [0.5, 0.6) is 0 Å². The Hall–Kier alpha value is -3.35. The number of hydrogen-bond donors (Lipinski definition) is 0. The fraction of sp³-hybridized carbons (Fsp3) is 0.318. The molecule has 0 unspecified atom stereocenters. The fourth-order valence-electron chi connectivity index (χ4n) is 4.33. The minimum absolute atomic E-state index is 0.0364. The van der Waals surface area contributed by atoms with E-state index >= 15 is 0 Å². The molecule has 1 aromatic carbocycles. The summed E-state index contributed by atoms with van der Waals surface area (Å²) in [6.07, 6.45) is 7.71. The van der Waals surface area contributed by atoms with Gasteiger partial charge in [0.2, 0.25) is 0 Å². The molecule has 0 spiro atoms. The van der Waals surface area contributed by atoms with Gasteiger partial charge in [-0.25, -0.2) is 0 Å². The van der Waals surface area contributed by atoms with Gasteiger partial charge in [0.05, 0.1) is 12.1 Å². The number of aryl methyl sites for hydroxylation is 1. The van der Waals surface area contributed by atoms with Gasteiger partial charge in [0, 0.05) is 34.9 Å². The summed E-state index contributed by atoms with van der Waals surface area (Å²) >= 11 is 0. The van der Waals surface area contributed by atoms with Crippen LogP contribution >= 0.6 is 0 Å². The van der Waals surface area contributed by atoms with Crippen LogP contribution in [-0.4, -0.2) is 41.9 Å². The highest BCUT2D eigenvalue weighted by atomic mass is 16.2. The Morgan fingerprint density at radius 3 is 2.72 bits per heavy atom. The molecule has 3 aromatic heterocycles. The van der Waals surface area contributed by atoms with Crippen LogP contribution in [0.3, 0.4) is 0 Å². The molecule has 29 heavy (non-hydrogen) atoms. The first-order chi connectivity index (χ1) is 14.2. The van der Waals surface area contributed by atoms with Crippen LogP contribution in [-0.2, 0) is 6.54 Å². The minimum Gasteiger partial charge on any atom is -0.331 e. The monoisotopic (exact) mass is 386 g/mol. The standard InChI is InChI=1S/C22H22N6O/c1-15-6-7-20-17(12-15)13-18(21-24-25-26-28(20)21)14-27(19-4-2-3-5-19)22(29)16-8-10-23-11-9-16/h6-13,19H,2-5,14H2,1H3. The summed E-state index contributed by atoms with van der Waals surface area (Å²) in [6.45, 7) is 2.56. The molecule has 1 aliphatic carbocycles. The molecule has 0 atom stereocenters. The number of tetrazole rings is 1. The maximum atomic E-state index is 13.4. The third-order valence-corrected chi connectivity index (χ3v) is 5.79. The first kappa shape index (κ1) is 17.7. The lowest BCUT2D eigenvalue weighted by atomic mass is 10.1. The van der Waals surface area contributed by atoms with Crippen molar-refractivity contribution >= 4 is 22.5 Å². The Kier molecular flexibility index (Phi) is 4.42. The van der Waals surface area contributed by atoms with Gasteiger partial charge in [-0.2, -0.15) is 4.52 Å². The summed E-state index contributed by atoms with van der Waals surface area (Å²) < 4.78 is 1.77. The lowest BCUT2D eigenvalue weighted by Crippen LogP contribution is -2.38. The zero-order valence-corrected chi connectivity index (χ0v) is 16.3. The van der Waals surface area contributed by atoms with Crippen molar-refractivity contribution in [3.8, 4) is 0 Å². The number of amides is 1. The molecule has 0 aliphatic heterocycles. The second kappa shape index (κ2) is 7.24. The smallest absolute Gasteiger partial charge is 0.254 e. The number of pyridine rings is 2. The van der Waals surface area contributed by atoms with Crippen LogP contribution in [0, 0.1) is 6.92 Å². The SMILES string of the molecule is Cc1ccc2c(c1)cc(CN(C(=O)c1ccncc1)C1CCCC1)c1nnnn12. The fourth-order valence-corrected chi connectivity index (χ4v) is 4.33. The molecule has 4 aromatic rings. The second-order valence-corrected chi connectivity index (χ2v) is 7.75. The van der Waals surface area contributed by atoms with Crippen molar-refractivity contribution in [1.29, 1.82) is 0 Å². The van der Waals surface area contributed by atoms with Crippen LogP contribution < -0.4 is 0 Å². The molecule has 0 saturated heterocycles. The van der Waals surface area contributed by atoms with Gasteiger partial charge in [-0.15, -0.1) is 5.10 Å². The summed E-state index contributed by atoms with van der Waals surface area (Å²) in [6, 6.07) is 12.1. The highest BCUT2D eigenvalue weighted by Crippen LogP contribution is 2.28. The number of nitrogens with zero attached hydrogens (tertiary/aromatic N) is 6.